The van der Waals surface area contributed by atoms with Gasteiger partial charge in [-0.05, 0) is 54.8 Å². The molecule has 0 aromatic heterocycles. The van der Waals surface area contributed by atoms with E-state index < -0.39 is 10.0 Å². The van der Waals surface area contributed by atoms with Crippen molar-refractivity contribution in [2.24, 2.45) is 0 Å². The predicted octanol–water partition coefficient (Wildman–Crippen LogP) is 3.70. The fourth-order valence-electron chi connectivity index (χ4n) is 1.98. The molecule has 0 amide bonds. The number of anilines is 2. The lowest BCUT2D eigenvalue weighted by molar-refractivity contribution is 0.601. The van der Waals surface area contributed by atoms with Crippen molar-refractivity contribution in [3.8, 4) is 0 Å². The molecule has 2 aromatic rings. The number of halogens is 1. The number of nitrogens with two attached hydrogens (primary N) is 1. The maximum atomic E-state index is 12.4. The maximum absolute atomic E-state index is 12.4. The van der Waals surface area contributed by atoms with Crippen molar-refractivity contribution in [1.82, 2.24) is 0 Å². The second-order valence-electron chi connectivity index (χ2n) is 4.78. The van der Waals surface area contributed by atoms with E-state index in [1.807, 2.05) is 19.9 Å². The van der Waals surface area contributed by atoms with E-state index in [1.54, 1.807) is 24.3 Å². The van der Waals surface area contributed by atoms with Crippen molar-refractivity contribution in [2.75, 3.05) is 10.5 Å². The molecule has 0 unspecified atom stereocenters. The minimum atomic E-state index is -3.64. The van der Waals surface area contributed by atoms with Gasteiger partial charge in [0.15, 0.2) is 0 Å². The number of nitrogen functional groups attached to an aromatic ring is 1. The van der Waals surface area contributed by atoms with Gasteiger partial charge in [0, 0.05) is 15.8 Å². The van der Waals surface area contributed by atoms with Crippen LogP contribution in [0.15, 0.2) is 45.8 Å². The lowest BCUT2D eigenvalue weighted by Gasteiger charge is -2.11. The van der Waals surface area contributed by atoms with Crippen molar-refractivity contribution in [3.05, 3.63) is 52.0 Å². The molecule has 3 N–H and O–H groups in total. The Morgan fingerprint density at radius 1 is 1.19 bits per heavy atom. The molecule has 0 atom stereocenters. The van der Waals surface area contributed by atoms with Crippen LogP contribution in [0.4, 0.5) is 11.4 Å². The van der Waals surface area contributed by atoms with E-state index in [-0.39, 0.29) is 4.90 Å². The van der Waals surface area contributed by atoms with Crippen LogP contribution in [0.25, 0.3) is 0 Å². The van der Waals surface area contributed by atoms with Crippen molar-refractivity contribution >= 4 is 37.3 Å². The molecule has 0 radical (unpaired) electrons. The molecule has 0 spiro atoms. The molecular formula is C15H17BrN2O2S. The number of hydrogen-bond donors (Lipinski definition) is 2. The third-order valence-corrected chi connectivity index (χ3v) is 5.49. The molecule has 0 bridgehead atoms. The Balaban J connectivity index is 2.33. The van der Waals surface area contributed by atoms with E-state index in [0.29, 0.717) is 11.4 Å². The lowest BCUT2D eigenvalue weighted by atomic mass is 10.1. The molecule has 0 saturated heterocycles. The molecule has 2 aromatic carbocycles. The number of nitrogens with one attached hydrogen (secondary N) is 1. The summed E-state index contributed by atoms with van der Waals surface area (Å²) in [5, 5.41) is 0. The summed E-state index contributed by atoms with van der Waals surface area (Å²) in [4.78, 5) is 0.165. The molecule has 2 rings (SSSR count). The first-order valence-corrected chi connectivity index (χ1v) is 8.78. The van der Waals surface area contributed by atoms with Crippen LogP contribution in [0.2, 0.25) is 0 Å². The highest BCUT2D eigenvalue weighted by atomic mass is 79.9. The molecule has 0 aliphatic rings. The molecule has 4 nitrogen and oxygen atoms in total. The monoisotopic (exact) mass is 368 g/mol. The third-order valence-electron chi connectivity index (χ3n) is 3.22. The first-order chi connectivity index (χ1) is 9.83. The maximum Gasteiger partial charge on any atom is 0.261 e. The minimum Gasteiger partial charge on any atom is -0.398 e. The molecule has 0 saturated carbocycles. The first kappa shape index (κ1) is 15.9. The van der Waals surface area contributed by atoms with Gasteiger partial charge in [-0.25, -0.2) is 8.42 Å². The predicted molar refractivity (Wildman–Crippen MR) is 89.9 cm³/mol. The van der Waals surface area contributed by atoms with Crippen LogP contribution in [-0.2, 0) is 16.4 Å². The van der Waals surface area contributed by atoms with Crippen LogP contribution in [0.3, 0.4) is 0 Å². The van der Waals surface area contributed by atoms with E-state index in [4.69, 9.17) is 5.73 Å². The fourth-order valence-corrected chi connectivity index (χ4v) is 3.32. The Morgan fingerprint density at radius 3 is 2.48 bits per heavy atom. The normalized spacial score (nSPS) is 11.4. The Labute approximate surface area is 133 Å². The summed E-state index contributed by atoms with van der Waals surface area (Å²) in [6.45, 7) is 3.87. The average Bonchev–Trinajstić information content (AvgIpc) is 2.42. The van der Waals surface area contributed by atoms with E-state index in [0.717, 1.165) is 22.0 Å². The van der Waals surface area contributed by atoms with Crippen molar-refractivity contribution in [1.29, 1.82) is 0 Å². The Bertz CT molecular complexity index is 773. The van der Waals surface area contributed by atoms with Crippen LogP contribution >= 0.6 is 15.9 Å². The topological polar surface area (TPSA) is 72.2 Å². The molecule has 0 aliphatic carbocycles. The van der Waals surface area contributed by atoms with Crippen molar-refractivity contribution < 1.29 is 8.42 Å². The first-order valence-electron chi connectivity index (χ1n) is 6.51. The van der Waals surface area contributed by atoms with Crippen LogP contribution in [0, 0.1) is 6.92 Å². The number of benzene rings is 2. The highest BCUT2D eigenvalue weighted by Gasteiger charge is 2.15. The van der Waals surface area contributed by atoms with Gasteiger partial charge in [0.2, 0.25) is 0 Å². The average molecular weight is 369 g/mol. The zero-order valence-corrected chi connectivity index (χ0v) is 14.3. The summed E-state index contributed by atoms with van der Waals surface area (Å²) in [6, 6.07) is 10.1. The third kappa shape index (κ3) is 3.57. The summed E-state index contributed by atoms with van der Waals surface area (Å²) in [5.41, 5.74) is 8.78. The number of sulfonamides is 1. The Hall–Kier alpha value is -1.53. The SMILES string of the molecule is CCc1ccc(S(=O)(=O)Nc2ccc(Br)c(C)c2)cc1N. The van der Waals surface area contributed by atoms with Gasteiger partial charge >= 0.3 is 0 Å². The molecule has 112 valence electrons. The number of rotatable bonds is 4. The standard InChI is InChI=1S/C15H17BrN2O2S/c1-3-11-4-6-13(9-15(11)17)21(19,20)18-12-5-7-14(16)10(2)8-12/h4-9,18H,3,17H2,1-2H3. The highest BCUT2D eigenvalue weighted by Crippen LogP contribution is 2.24. The van der Waals surface area contributed by atoms with Gasteiger partial charge in [-0.15, -0.1) is 0 Å². The summed E-state index contributed by atoms with van der Waals surface area (Å²) in [5.74, 6) is 0. The van der Waals surface area contributed by atoms with Crippen LogP contribution in [0.5, 0.6) is 0 Å². The van der Waals surface area contributed by atoms with Crippen LogP contribution < -0.4 is 10.5 Å². The van der Waals surface area contributed by atoms with Gasteiger partial charge in [-0.1, -0.05) is 28.9 Å². The van der Waals surface area contributed by atoms with Crippen LogP contribution in [0.1, 0.15) is 18.1 Å². The number of hydrogen-bond acceptors (Lipinski definition) is 3. The smallest absolute Gasteiger partial charge is 0.261 e. The molecule has 0 aliphatic heterocycles. The molecule has 6 heteroatoms. The summed E-state index contributed by atoms with van der Waals surface area (Å²) in [6.07, 6.45) is 0.769. The van der Waals surface area contributed by atoms with Gasteiger partial charge in [-0.2, -0.15) is 0 Å². The van der Waals surface area contributed by atoms with E-state index in [1.165, 1.54) is 6.07 Å². The van der Waals surface area contributed by atoms with Crippen LogP contribution in [-0.4, -0.2) is 8.42 Å². The second-order valence-corrected chi connectivity index (χ2v) is 7.32. The van der Waals surface area contributed by atoms with E-state index in [9.17, 15) is 8.42 Å². The van der Waals surface area contributed by atoms with Crippen molar-refractivity contribution in [2.45, 2.75) is 25.2 Å². The lowest BCUT2D eigenvalue weighted by Crippen LogP contribution is -2.13. The van der Waals surface area contributed by atoms with Crippen molar-refractivity contribution in [3.63, 3.8) is 0 Å². The van der Waals surface area contributed by atoms with Gasteiger partial charge in [0.05, 0.1) is 4.90 Å². The largest absolute Gasteiger partial charge is 0.398 e. The summed E-state index contributed by atoms with van der Waals surface area (Å²) in [7, 11) is -3.64. The number of aryl methyl sites for hydroxylation is 2. The van der Waals surface area contributed by atoms with Gasteiger partial charge in [0.25, 0.3) is 10.0 Å². The highest BCUT2D eigenvalue weighted by molar-refractivity contribution is 9.10. The zero-order valence-electron chi connectivity index (χ0n) is 11.9. The summed E-state index contributed by atoms with van der Waals surface area (Å²) < 4.78 is 28.2. The van der Waals surface area contributed by atoms with Gasteiger partial charge in [0.1, 0.15) is 0 Å². The minimum absolute atomic E-state index is 0.165. The van der Waals surface area contributed by atoms with Gasteiger partial charge in [-0.3, -0.25) is 4.72 Å². The van der Waals surface area contributed by atoms with Gasteiger partial charge < -0.3 is 5.73 Å². The van der Waals surface area contributed by atoms with E-state index >= 15 is 0 Å². The second kappa shape index (κ2) is 6.07. The quantitative estimate of drug-likeness (QED) is 0.808. The molecule has 21 heavy (non-hydrogen) atoms. The van der Waals surface area contributed by atoms with E-state index in [2.05, 4.69) is 20.7 Å². The Kier molecular flexibility index (Phi) is 4.58. The molecule has 0 fully saturated rings. The molecule has 0 heterocycles. The molecular weight excluding hydrogens is 352 g/mol. The summed E-state index contributed by atoms with van der Waals surface area (Å²) >= 11 is 3.39. The fraction of sp³-hybridized carbons (Fsp3) is 0.200. The zero-order chi connectivity index (χ0) is 15.6. The Morgan fingerprint density at radius 2 is 1.90 bits per heavy atom.